The number of hydrogen-bond donors (Lipinski definition) is 1. The molecule has 0 amide bonds. The molecule has 6 heteroatoms. The number of thiophene rings is 1. The van der Waals surface area contributed by atoms with Crippen molar-refractivity contribution in [2.75, 3.05) is 20.1 Å². The molecule has 5 rings (SSSR count). The number of aromatic nitrogens is 2. The number of nitrogens with zero attached hydrogens (tertiary/aromatic N) is 3. The van der Waals surface area contributed by atoms with Crippen molar-refractivity contribution in [3.8, 4) is 17.0 Å². The Morgan fingerprint density at radius 3 is 3.04 bits per heavy atom. The van der Waals surface area contributed by atoms with Gasteiger partial charge in [0.25, 0.3) is 0 Å². The van der Waals surface area contributed by atoms with E-state index in [0.29, 0.717) is 22.6 Å². The van der Waals surface area contributed by atoms with Gasteiger partial charge in [-0.1, -0.05) is 0 Å². The Kier molecular flexibility index (Phi) is 3.91. The molecule has 1 atom stereocenters. The predicted molar refractivity (Wildman–Crippen MR) is 108 cm³/mol. The van der Waals surface area contributed by atoms with Crippen molar-refractivity contribution in [2.24, 2.45) is 0 Å². The quantitative estimate of drug-likeness (QED) is 0.535. The first kappa shape index (κ1) is 16.7. The van der Waals surface area contributed by atoms with Crippen molar-refractivity contribution >= 4 is 32.5 Å². The van der Waals surface area contributed by atoms with Crippen molar-refractivity contribution in [1.29, 1.82) is 0 Å². The van der Waals surface area contributed by atoms with Gasteiger partial charge in [-0.2, -0.15) is 0 Å². The first-order valence-electron chi connectivity index (χ1n) is 9.25. The van der Waals surface area contributed by atoms with E-state index in [-0.39, 0.29) is 5.75 Å². The minimum Gasteiger partial charge on any atom is -0.506 e. The third-order valence-electron chi connectivity index (χ3n) is 5.59. The zero-order chi connectivity index (χ0) is 18.5. The summed E-state index contributed by atoms with van der Waals surface area (Å²) in [4.78, 5) is 2.39. The Morgan fingerprint density at radius 2 is 2.19 bits per heavy atom. The summed E-state index contributed by atoms with van der Waals surface area (Å²) in [7, 11) is 2.18. The molecule has 3 aromatic heterocycles. The molecule has 0 radical (unpaired) electrons. The molecule has 27 heavy (non-hydrogen) atoms. The molecule has 1 N–H and O–H groups in total. The number of phenolic OH excluding ortho intramolecular Hbond substituents is 1. The number of rotatable bonds is 2. The van der Waals surface area contributed by atoms with Crippen LogP contribution >= 0.6 is 11.3 Å². The van der Waals surface area contributed by atoms with Crippen molar-refractivity contribution < 1.29 is 9.52 Å². The molecule has 0 spiro atoms. The van der Waals surface area contributed by atoms with Crippen molar-refractivity contribution in [3.63, 3.8) is 0 Å². The molecule has 5 nitrogen and oxygen atoms in total. The van der Waals surface area contributed by atoms with E-state index in [2.05, 4.69) is 33.6 Å². The molecule has 0 bridgehead atoms. The van der Waals surface area contributed by atoms with Gasteiger partial charge in [0.2, 0.25) is 0 Å². The largest absolute Gasteiger partial charge is 0.506 e. The van der Waals surface area contributed by atoms with Gasteiger partial charge in [0, 0.05) is 12.1 Å². The summed E-state index contributed by atoms with van der Waals surface area (Å²) in [5.41, 5.74) is 5.36. The number of aryl methyl sites for hydroxylation is 1. The van der Waals surface area contributed by atoms with Crippen LogP contribution in [0.5, 0.6) is 5.75 Å². The molecule has 0 aliphatic carbocycles. The van der Waals surface area contributed by atoms with Gasteiger partial charge in [-0.25, -0.2) is 0 Å². The third kappa shape index (κ3) is 2.71. The van der Waals surface area contributed by atoms with E-state index in [1.54, 1.807) is 23.7 Å². The predicted octanol–water partition coefficient (Wildman–Crippen LogP) is 4.93. The molecular weight excluding hydrogens is 358 g/mol. The lowest BCUT2D eigenvalue weighted by molar-refractivity contribution is 0.251. The molecule has 1 aromatic carbocycles. The summed E-state index contributed by atoms with van der Waals surface area (Å²) in [6.45, 7) is 4.20. The Labute approximate surface area is 161 Å². The summed E-state index contributed by atoms with van der Waals surface area (Å²) < 4.78 is 6.54. The minimum atomic E-state index is 0.207. The highest BCUT2D eigenvalue weighted by molar-refractivity contribution is 7.17. The number of piperidine rings is 1. The number of phenols is 1. The van der Waals surface area contributed by atoms with Gasteiger partial charge in [-0.15, -0.1) is 21.5 Å². The standard InChI is InChI=1S/C21H21N3O2S/c1-12-8-17-14(5-7-26-17)21(25)19(12)16-9-18-20(23-22-16)15(11-27-18)13-4-3-6-24(2)10-13/h5,7-9,11,13,25H,3-4,6,10H2,1-2H3/t13-/m0/s1. The average Bonchev–Trinajstić information content (AvgIpc) is 3.28. The van der Waals surface area contributed by atoms with Crippen LogP contribution in [-0.4, -0.2) is 40.3 Å². The number of likely N-dealkylation sites (N-methyl/N-ethyl adjacent to an activating group) is 1. The lowest BCUT2D eigenvalue weighted by atomic mass is 9.92. The van der Waals surface area contributed by atoms with Gasteiger partial charge < -0.3 is 14.4 Å². The van der Waals surface area contributed by atoms with E-state index >= 15 is 0 Å². The first-order chi connectivity index (χ1) is 13.1. The van der Waals surface area contributed by atoms with Crippen molar-refractivity contribution in [2.45, 2.75) is 25.7 Å². The number of benzene rings is 1. The number of likely N-dealkylation sites (tertiary alicyclic amines) is 1. The fourth-order valence-electron chi connectivity index (χ4n) is 4.22. The highest BCUT2D eigenvalue weighted by Crippen LogP contribution is 2.40. The van der Waals surface area contributed by atoms with Crippen molar-refractivity contribution in [1.82, 2.24) is 15.1 Å². The Hall–Kier alpha value is -2.44. The molecule has 0 unspecified atom stereocenters. The molecule has 138 valence electrons. The molecule has 1 aliphatic rings. The average molecular weight is 379 g/mol. The molecule has 1 saturated heterocycles. The van der Waals surface area contributed by atoms with Crippen LogP contribution in [0.4, 0.5) is 0 Å². The number of aromatic hydroxyl groups is 1. The Morgan fingerprint density at radius 1 is 1.30 bits per heavy atom. The second-order valence-corrected chi connectivity index (χ2v) is 8.40. The molecular formula is C21H21N3O2S. The molecule has 1 aliphatic heterocycles. The highest BCUT2D eigenvalue weighted by Gasteiger charge is 2.23. The maximum absolute atomic E-state index is 10.8. The number of hydrogen-bond acceptors (Lipinski definition) is 6. The summed E-state index contributed by atoms with van der Waals surface area (Å²) in [5, 5.41) is 22.8. The Bertz CT molecular complexity index is 1150. The fraction of sp³-hybridized carbons (Fsp3) is 0.333. The van der Waals surface area contributed by atoms with Crippen LogP contribution in [0, 0.1) is 6.92 Å². The zero-order valence-electron chi connectivity index (χ0n) is 15.4. The number of furan rings is 1. The highest BCUT2D eigenvalue weighted by atomic mass is 32.1. The molecule has 4 aromatic rings. The maximum Gasteiger partial charge on any atom is 0.137 e. The van der Waals surface area contributed by atoms with Gasteiger partial charge >= 0.3 is 0 Å². The number of fused-ring (bicyclic) bond motifs is 2. The summed E-state index contributed by atoms with van der Waals surface area (Å²) in [6.07, 6.45) is 4.02. The lowest BCUT2D eigenvalue weighted by Gasteiger charge is -2.29. The van der Waals surface area contributed by atoms with Crippen LogP contribution in [0.25, 0.3) is 32.4 Å². The normalized spacial score (nSPS) is 18.5. The zero-order valence-corrected chi connectivity index (χ0v) is 16.2. The fourth-order valence-corrected chi connectivity index (χ4v) is 5.23. The summed E-state index contributed by atoms with van der Waals surface area (Å²) in [6, 6.07) is 5.77. The summed E-state index contributed by atoms with van der Waals surface area (Å²) >= 11 is 1.71. The third-order valence-corrected chi connectivity index (χ3v) is 6.53. The molecule has 0 saturated carbocycles. The monoisotopic (exact) mass is 379 g/mol. The minimum absolute atomic E-state index is 0.207. The molecule has 4 heterocycles. The first-order valence-corrected chi connectivity index (χ1v) is 10.1. The van der Waals surface area contributed by atoms with E-state index in [4.69, 9.17) is 4.42 Å². The Balaban J connectivity index is 1.60. The van der Waals surface area contributed by atoms with Gasteiger partial charge in [-0.3, -0.25) is 0 Å². The van der Waals surface area contributed by atoms with Crippen LogP contribution in [0.1, 0.15) is 29.9 Å². The van der Waals surface area contributed by atoms with Crippen molar-refractivity contribution in [3.05, 3.63) is 41.0 Å². The van der Waals surface area contributed by atoms with Crippen LogP contribution in [0.2, 0.25) is 0 Å². The van der Waals surface area contributed by atoms with E-state index in [9.17, 15) is 5.11 Å². The van der Waals surface area contributed by atoms with E-state index in [0.717, 1.165) is 27.9 Å². The van der Waals surface area contributed by atoms with Gasteiger partial charge in [0.05, 0.1) is 22.0 Å². The molecule has 1 fully saturated rings. The van der Waals surface area contributed by atoms with Crippen LogP contribution in [0.15, 0.2) is 34.3 Å². The summed E-state index contributed by atoms with van der Waals surface area (Å²) in [5.74, 6) is 0.730. The smallest absolute Gasteiger partial charge is 0.137 e. The van der Waals surface area contributed by atoms with Crippen LogP contribution in [-0.2, 0) is 0 Å². The topological polar surface area (TPSA) is 62.4 Å². The van der Waals surface area contributed by atoms with Gasteiger partial charge in [-0.05, 0) is 74.0 Å². The van der Waals surface area contributed by atoms with E-state index in [1.807, 2.05) is 13.0 Å². The van der Waals surface area contributed by atoms with Gasteiger partial charge in [0.1, 0.15) is 16.8 Å². The second-order valence-electron chi connectivity index (χ2n) is 7.48. The van der Waals surface area contributed by atoms with E-state index in [1.165, 1.54) is 24.9 Å². The van der Waals surface area contributed by atoms with Crippen LogP contribution in [0.3, 0.4) is 0 Å². The SMILES string of the molecule is Cc1cc2occc2c(O)c1-c1cc2scc([C@H]3CCCN(C)C3)c2nn1. The maximum atomic E-state index is 10.8. The second kappa shape index (κ2) is 6.32. The van der Waals surface area contributed by atoms with Crippen LogP contribution < -0.4 is 0 Å². The van der Waals surface area contributed by atoms with Gasteiger partial charge in [0.15, 0.2) is 0 Å². The lowest BCUT2D eigenvalue weighted by Crippen LogP contribution is -2.30. The van der Waals surface area contributed by atoms with E-state index < -0.39 is 0 Å².